The first-order valence-corrected chi connectivity index (χ1v) is 6.72. The van der Waals surface area contributed by atoms with E-state index in [0.717, 1.165) is 38.3 Å². The first kappa shape index (κ1) is 14.7. The summed E-state index contributed by atoms with van der Waals surface area (Å²) < 4.78 is 0. The van der Waals surface area contributed by atoms with Gasteiger partial charge in [-0.2, -0.15) is 5.26 Å². The molecule has 0 aliphatic rings. The van der Waals surface area contributed by atoms with E-state index >= 15 is 0 Å². The van der Waals surface area contributed by atoms with Crippen molar-refractivity contribution < 1.29 is 0 Å². The lowest BCUT2D eigenvalue weighted by Crippen LogP contribution is -2.27. The van der Waals surface area contributed by atoms with E-state index in [9.17, 15) is 0 Å². The van der Waals surface area contributed by atoms with Gasteiger partial charge in [-0.3, -0.25) is 0 Å². The van der Waals surface area contributed by atoms with Crippen LogP contribution in [0.3, 0.4) is 0 Å². The molecule has 0 aliphatic heterocycles. The highest BCUT2D eigenvalue weighted by Gasteiger charge is 1.98. The summed E-state index contributed by atoms with van der Waals surface area (Å²) in [6.07, 6.45) is 1.18. The number of benzene rings is 1. The molecule has 0 aliphatic carbocycles. The van der Waals surface area contributed by atoms with Gasteiger partial charge in [-0.15, -0.1) is 0 Å². The minimum absolute atomic E-state index is 0.722. The highest BCUT2D eigenvalue weighted by atomic mass is 15.1. The monoisotopic (exact) mass is 245 g/mol. The molecule has 0 atom stereocenters. The Labute approximate surface area is 110 Å². The number of nitriles is 1. The quantitative estimate of drug-likeness (QED) is 0.715. The van der Waals surface area contributed by atoms with Gasteiger partial charge < -0.3 is 10.2 Å². The average Bonchev–Trinajstić information content (AvgIpc) is 2.43. The lowest BCUT2D eigenvalue weighted by Gasteiger charge is -2.17. The van der Waals surface area contributed by atoms with Crippen molar-refractivity contribution in [1.29, 1.82) is 5.26 Å². The van der Waals surface area contributed by atoms with Crippen LogP contribution in [0, 0.1) is 11.3 Å². The maximum atomic E-state index is 8.70. The summed E-state index contributed by atoms with van der Waals surface area (Å²) in [6, 6.07) is 9.89. The van der Waals surface area contributed by atoms with Gasteiger partial charge in [0.2, 0.25) is 0 Å². The van der Waals surface area contributed by atoms with Gasteiger partial charge in [0.1, 0.15) is 0 Å². The molecule has 0 saturated heterocycles. The molecule has 1 N–H and O–H groups in total. The summed E-state index contributed by atoms with van der Waals surface area (Å²) in [4.78, 5) is 2.43. The Bertz CT molecular complexity index is 360. The number of nitrogens with one attached hydrogen (secondary N) is 1. The van der Waals surface area contributed by atoms with Crippen LogP contribution < -0.4 is 5.32 Å². The molecule has 0 spiro atoms. The van der Waals surface area contributed by atoms with Crippen LogP contribution in [0.2, 0.25) is 0 Å². The van der Waals surface area contributed by atoms with E-state index in [0.29, 0.717) is 0 Å². The summed E-state index contributed by atoms with van der Waals surface area (Å²) >= 11 is 0. The molecule has 0 saturated carbocycles. The molecule has 3 heteroatoms. The first-order valence-electron chi connectivity index (χ1n) is 6.72. The number of hydrogen-bond acceptors (Lipinski definition) is 3. The number of hydrogen-bond donors (Lipinski definition) is 1. The van der Waals surface area contributed by atoms with Gasteiger partial charge >= 0.3 is 0 Å². The van der Waals surface area contributed by atoms with Crippen LogP contribution in [0.4, 0.5) is 0 Å². The van der Waals surface area contributed by atoms with Crippen LogP contribution in [0.1, 0.15) is 31.4 Å². The van der Waals surface area contributed by atoms with Gasteiger partial charge in [-0.25, -0.2) is 0 Å². The molecule has 0 aromatic heterocycles. The Balaban J connectivity index is 2.16. The van der Waals surface area contributed by atoms with Crippen LogP contribution in [-0.2, 0) is 6.54 Å². The van der Waals surface area contributed by atoms with E-state index in [2.05, 4.69) is 30.1 Å². The van der Waals surface area contributed by atoms with Crippen molar-refractivity contribution in [2.45, 2.75) is 26.8 Å². The second-order valence-electron chi connectivity index (χ2n) is 4.37. The predicted octanol–water partition coefficient (Wildman–Crippen LogP) is 2.38. The van der Waals surface area contributed by atoms with Crippen molar-refractivity contribution in [3.05, 3.63) is 35.4 Å². The van der Waals surface area contributed by atoms with Gasteiger partial charge in [-0.1, -0.05) is 26.0 Å². The van der Waals surface area contributed by atoms with Gasteiger partial charge in [0.25, 0.3) is 0 Å². The Morgan fingerprint density at radius 1 is 1.17 bits per heavy atom. The van der Waals surface area contributed by atoms with Crippen molar-refractivity contribution >= 4 is 0 Å². The Hall–Kier alpha value is -1.37. The second kappa shape index (κ2) is 8.68. The minimum atomic E-state index is 0.722. The maximum Gasteiger partial charge on any atom is 0.0991 e. The molecule has 0 radical (unpaired) electrons. The Kier molecular flexibility index (Phi) is 7.09. The second-order valence-corrected chi connectivity index (χ2v) is 4.37. The largest absolute Gasteiger partial charge is 0.313 e. The summed E-state index contributed by atoms with van der Waals surface area (Å²) in [5.41, 5.74) is 1.96. The van der Waals surface area contributed by atoms with Crippen LogP contribution in [0.5, 0.6) is 0 Å². The third-order valence-electron chi connectivity index (χ3n) is 3.13. The van der Waals surface area contributed by atoms with Gasteiger partial charge in [0, 0.05) is 6.54 Å². The van der Waals surface area contributed by atoms with Crippen molar-refractivity contribution in [3.8, 4) is 6.07 Å². The van der Waals surface area contributed by atoms with Crippen LogP contribution in [-0.4, -0.2) is 31.1 Å². The molecule has 0 amide bonds. The summed E-state index contributed by atoms with van der Waals surface area (Å²) in [5, 5.41) is 12.1. The number of rotatable bonds is 8. The Morgan fingerprint density at radius 2 is 1.83 bits per heavy atom. The molecule has 3 nitrogen and oxygen atoms in total. The molecule has 0 unspecified atom stereocenters. The Morgan fingerprint density at radius 3 is 2.39 bits per heavy atom. The smallest absolute Gasteiger partial charge is 0.0991 e. The van der Waals surface area contributed by atoms with Crippen molar-refractivity contribution in [1.82, 2.24) is 10.2 Å². The van der Waals surface area contributed by atoms with E-state index in [1.807, 2.05) is 24.3 Å². The molecular formula is C15H23N3. The SMILES string of the molecule is CCN(CC)CCCNCc1ccc(C#N)cc1. The fourth-order valence-electron chi connectivity index (χ4n) is 1.90. The van der Waals surface area contributed by atoms with Crippen LogP contribution in [0.25, 0.3) is 0 Å². The number of nitrogens with zero attached hydrogens (tertiary/aromatic N) is 2. The predicted molar refractivity (Wildman–Crippen MR) is 75.3 cm³/mol. The zero-order valence-electron chi connectivity index (χ0n) is 11.4. The van der Waals surface area contributed by atoms with Gasteiger partial charge in [0.05, 0.1) is 11.6 Å². The zero-order valence-corrected chi connectivity index (χ0v) is 11.4. The average molecular weight is 245 g/mol. The van der Waals surface area contributed by atoms with E-state index < -0.39 is 0 Å². The molecule has 0 bridgehead atoms. The van der Waals surface area contributed by atoms with Crippen molar-refractivity contribution in [3.63, 3.8) is 0 Å². The van der Waals surface area contributed by atoms with Gasteiger partial charge in [0.15, 0.2) is 0 Å². The van der Waals surface area contributed by atoms with E-state index in [1.165, 1.54) is 12.0 Å². The van der Waals surface area contributed by atoms with Crippen LogP contribution in [0.15, 0.2) is 24.3 Å². The topological polar surface area (TPSA) is 39.1 Å². The normalized spacial score (nSPS) is 10.6. The van der Waals surface area contributed by atoms with E-state index in [-0.39, 0.29) is 0 Å². The summed E-state index contributed by atoms with van der Waals surface area (Å²) in [6.45, 7) is 9.74. The maximum absolute atomic E-state index is 8.70. The molecular weight excluding hydrogens is 222 g/mol. The van der Waals surface area contributed by atoms with E-state index in [1.54, 1.807) is 0 Å². The highest BCUT2D eigenvalue weighted by Crippen LogP contribution is 2.02. The van der Waals surface area contributed by atoms with E-state index in [4.69, 9.17) is 5.26 Å². The summed E-state index contributed by atoms with van der Waals surface area (Å²) in [5.74, 6) is 0. The highest BCUT2D eigenvalue weighted by molar-refractivity contribution is 5.31. The molecule has 0 fully saturated rings. The fourth-order valence-corrected chi connectivity index (χ4v) is 1.90. The molecule has 1 aromatic carbocycles. The fraction of sp³-hybridized carbons (Fsp3) is 0.533. The van der Waals surface area contributed by atoms with Crippen LogP contribution >= 0.6 is 0 Å². The molecule has 1 rings (SSSR count). The third kappa shape index (κ3) is 5.31. The molecule has 1 aromatic rings. The standard InChI is InChI=1S/C15H23N3/c1-3-18(4-2)11-5-10-17-13-15-8-6-14(12-16)7-9-15/h6-9,17H,3-5,10-11,13H2,1-2H3. The van der Waals surface area contributed by atoms with Crippen molar-refractivity contribution in [2.75, 3.05) is 26.2 Å². The third-order valence-corrected chi connectivity index (χ3v) is 3.13. The van der Waals surface area contributed by atoms with Gasteiger partial charge in [-0.05, 0) is 50.3 Å². The van der Waals surface area contributed by atoms with Crippen molar-refractivity contribution in [2.24, 2.45) is 0 Å². The molecule has 98 valence electrons. The molecule has 18 heavy (non-hydrogen) atoms. The minimum Gasteiger partial charge on any atom is -0.313 e. The molecule has 0 heterocycles. The summed E-state index contributed by atoms with van der Waals surface area (Å²) in [7, 11) is 0. The zero-order chi connectivity index (χ0) is 13.2. The lowest BCUT2D eigenvalue weighted by atomic mass is 10.1. The lowest BCUT2D eigenvalue weighted by molar-refractivity contribution is 0.298. The first-order chi connectivity index (χ1) is 8.80.